The molecule has 0 bridgehead atoms. The Labute approximate surface area is 191 Å². The van der Waals surface area contributed by atoms with Crippen LogP contribution in [-0.2, 0) is 13.1 Å². The van der Waals surface area contributed by atoms with Crippen LogP contribution >= 0.6 is 15.9 Å². The number of hydrogen-bond donors (Lipinski definition) is 1. The first-order chi connectivity index (χ1) is 15.4. The number of rotatable bonds is 5. The van der Waals surface area contributed by atoms with Crippen molar-refractivity contribution in [1.82, 2.24) is 14.9 Å². The van der Waals surface area contributed by atoms with E-state index < -0.39 is 11.5 Å². The van der Waals surface area contributed by atoms with Gasteiger partial charge in [0.2, 0.25) is 0 Å². The fraction of sp³-hybridized carbons (Fsp3) is 0.0833. The summed E-state index contributed by atoms with van der Waals surface area (Å²) in [6, 6.07) is 18.0. The maximum Gasteiger partial charge on any atom is 0.265 e. The Morgan fingerprint density at radius 2 is 1.78 bits per heavy atom. The highest BCUT2D eigenvalue weighted by Gasteiger charge is 2.17. The Balaban J connectivity index is 1.71. The van der Waals surface area contributed by atoms with Crippen molar-refractivity contribution < 1.29 is 9.18 Å². The minimum Gasteiger partial charge on any atom is -0.348 e. The quantitative estimate of drug-likeness (QED) is 0.455. The van der Waals surface area contributed by atoms with Crippen molar-refractivity contribution in [1.29, 1.82) is 5.26 Å². The third-order valence-electron chi connectivity index (χ3n) is 4.93. The van der Waals surface area contributed by atoms with Crippen LogP contribution < -0.4 is 10.9 Å². The molecule has 2 aromatic carbocycles. The second-order valence-corrected chi connectivity index (χ2v) is 8.05. The van der Waals surface area contributed by atoms with Gasteiger partial charge in [-0.25, -0.2) is 9.37 Å². The van der Waals surface area contributed by atoms with E-state index in [9.17, 15) is 14.0 Å². The van der Waals surface area contributed by atoms with E-state index in [4.69, 9.17) is 5.26 Å². The van der Waals surface area contributed by atoms with Gasteiger partial charge in [-0.2, -0.15) is 5.26 Å². The number of halogens is 2. The Bertz CT molecular complexity index is 1410. The second kappa shape index (κ2) is 9.12. The van der Waals surface area contributed by atoms with Gasteiger partial charge >= 0.3 is 0 Å². The van der Waals surface area contributed by atoms with Crippen LogP contribution in [0.25, 0.3) is 11.0 Å². The largest absolute Gasteiger partial charge is 0.348 e. The molecule has 0 saturated heterocycles. The van der Waals surface area contributed by atoms with Crippen LogP contribution in [0.15, 0.2) is 76.1 Å². The Kier molecular flexibility index (Phi) is 6.10. The number of carbonyl (C=O) groups is 1. The molecular formula is C24H16BrFN4O2. The van der Waals surface area contributed by atoms with Gasteiger partial charge in [0.05, 0.1) is 18.2 Å². The number of nitrogens with one attached hydrogen (secondary N) is 1. The number of amides is 1. The summed E-state index contributed by atoms with van der Waals surface area (Å²) in [6.07, 6.45) is 1.59. The summed E-state index contributed by atoms with van der Waals surface area (Å²) >= 11 is 3.38. The van der Waals surface area contributed by atoms with E-state index in [1.807, 2.05) is 0 Å². The van der Waals surface area contributed by atoms with E-state index >= 15 is 0 Å². The summed E-state index contributed by atoms with van der Waals surface area (Å²) in [4.78, 5) is 30.5. The average Bonchev–Trinajstić information content (AvgIpc) is 2.80. The van der Waals surface area contributed by atoms with E-state index in [1.165, 1.54) is 22.8 Å². The van der Waals surface area contributed by atoms with Crippen molar-refractivity contribution in [3.05, 3.63) is 110 Å². The maximum atomic E-state index is 13.2. The molecule has 2 aromatic heterocycles. The molecule has 2 heterocycles. The first-order valence-electron chi connectivity index (χ1n) is 9.65. The number of aromatic nitrogens is 2. The zero-order chi connectivity index (χ0) is 22.7. The third kappa shape index (κ3) is 4.58. The lowest BCUT2D eigenvalue weighted by Gasteiger charge is -2.13. The predicted octanol–water partition coefficient (Wildman–Crippen LogP) is 4.15. The Morgan fingerprint density at radius 1 is 1.09 bits per heavy atom. The standard InChI is InChI=1S/C24H16BrFN4O2/c25-19-9-18-10-21(23(31)29-12-16-5-7-20(26)8-6-16)24(32)30(22(18)28-13-19)14-17-3-1-15(11-27)2-4-17/h1-10,13H,12,14H2,(H,29,31). The zero-order valence-electron chi connectivity index (χ0n) is 16.7. The van der Waals surface area contributed by atoms with Gasteiger partial charge in [0.15, 0.2) is 0 Å². The van der Waals surface area contributed by atoms with Crippen molar-refractivity contribution in [3.8, 4) is 6.07 Å². The van der Waals surface area contributed by atoms with Gasteiger partial charge < -0.3 is 5.32 Å². The van der Waals surface area contributed by atoms with Crippen LogP contribution in [0.4, 0.5) is 4.39 Å². The number of nitrogens with zero attached hydrogens (tertiary/aromatic N) is 3. The number of nitriles is 1. The first-order valence-corrected chi connectivity index (χ1v) is 10.4. The fourth-order valence-corrected chi connectivity index (χ4v) is 3.64. The van der Waals surface area contributed by atoms with Gasteiger partial charge in [0.25, 0.3) is 11.5 Å². The van der Waals surface area contributed by atoms with Gasteiger partial charge in [-0.15, -0.1) is 0 Å². The van der Waals surface area contributed by atoms with Crippen molar-refractivity contribution in [2.24, 2.45) is 0 Å². The molecule has 8 heteroatoms. The zero-order valence-corrected chi connectivity index (χ0v) is 18.3. The molecule has 0 unspecified atom stereocenters. The van der Waals surface area contributed by atoms with Crippen molar-refractivity contribution >= 4 is 32.9 Å². The van der Waals surface area contributed by atoms with Gasteiger partial charge in [-0.1, -0.05) is 24.3 Å². The Morgan fingerprint density at radius 3 is 2.47 bits per heavy atom. The maximum absolute atomic E-state index is 13.2. The molecule has 1 amide bonds. The average molecular weight is 491 g/mol. The van der Waals surface area contributed by atoms with Crippen LogP contribution in [0.2, 0.25) is 0 Å². The summed E-state index contributed by atoms with van der Waals surface area (Å²) in [5.41, 5.74) is 1.96. The molecule has 158 valence electrons. The Hall–Kier alpha value is -3.83. The van der Waals surface area contributed by atoms with E-state index in [2.05, 4.69) is 32.3 Å². The van der Waals surface area contributed by atoms with Crippen LogP contribution in [0, 0.1) is 17.1 Å². The molecule has 4 rings (SSSR count). The first kappa shape index (κ1) is 21.4. The molecule has 4 aromatic rings. The molecule has 1 N–H and O–H groups in total. The molecule has 0 aliphatic heterocycles. The summed E-state index contributed by atoms with van der Waals surface area (Å²) in [5.74, 6) is -0.895. The lowest BCUT2D eigenvalue weighted by Crippen LogP contribution is -2.33. The summed E-state index contributed by atoms with van der Waals surface area (Å²) in [6.45, 7) is 0.345. The monoisotopic (exact) mass is 490 g/mol. The molecule has 0 aliphatic carbocycles. The highest BCUT2D eigenvalue weighted by Crippen LogP contribution is 2.18. The number of pyridine rings is 2. The van der Waals surface area contributed by atoms with Crippen LogP contribution in [0.1, 0.15) is 27.0 Å². The second-order valence-electron chi connectivity index (χ2n) is 7.13. The summed E-state index contributed by atoms with van der Waals surface area (Å²) < 4.78 is 15.2. The van der Waals surface area contributed by atoms with E-state index in [-0.39, 0.29) is 24.5 Å². The molecule has 6 nitrogen and oxygen atoms in total. The van der Waals surface area contributed by atoms with Crippen LogP contribution in [-0.4, -0.2) is 15.5 Å². The molecule has 0 radical (unpaired) electrons. The fourth-order valence-electron chi connectivity index (χ4n) is 3.29. The van der Waals surface area contributed by atoms with E-state index in [1.54, 1.807) is 48.7 Å². The molecular weight excluding hydrogens is 475 g/mol. The van der Waals surface area contributed by atoms with Crippen molar-refractivity contribution in [3.63, 3.8) is 0 Å². The van der Waals surface area contributed by atoms with E-state index in [0.29, 0.717) is 26.6 Å². The van der Waals surface area contributed by atoms with Gasteiger partial charge in [0.1, 0.15) is 17.0 Å². The number of hydrogen-bond acceptors (Lipinski definition) is 4. The molecule has 0 spiro atoms. The molecule has 0 fully saturated rings. The normalized spacial score (nSPS) is 10.7. The van der Waals surface area contributed by atoms with E-state index in [0.717, 1.165) is 5.56 Å². The smallest absolute Gasteiger partial charge is 0.265 e. The highest BCUT2D eigenvalue weighted by molar-refractivity contribution is 9.10. The molecule has 0 saturated carbocycles. The topological polar surface area (TPSA) is 87.8 Å². The van der Waals surface area contributed by atoms with Gasteiger partial charge in [0, 0.05) is 22.6 Å². The summed E-state index contributed by atoms with van der Waals surface area (Å²) in [5, 5.41) is 12.3. The number of carbonyl (C=O) groups excluding carboxylic acids is 1. The SMILES string of the molecule is N#Cc1ccc(Cn2c(=O)c(C(=O)NCc3ccc(F)cc3)cc3cc(Br)cnc32)cc1. The van der Waals surface area contributed by atoms with Gasteiger partial charge in [-0.05, 0) is 63.5 Å². The van der Waals surface area contributed by atoms with Crippen molar-refractivity contribution in [2.45, 2.75) is 13.1 Å². The summed E-state index contributed by atoms with van der Waals surface area (Å²) in [7, 11) is 0. The third-order valence-corrected chi connectivity index (χ3v) is 5.36. The molecule has 32 heavy (non-hydrogen) atoms. The minimum absolute atomic E-state index is 0.0202. The lowest BCUT2D eigenvalue weighted by atomic mass is 10.1. The van der Waals surface area contributed by atoms with Crippen LogP contribution in [0.5, 0.6) is 0 Å². The van der Waals surface area contributed by atoms with Gasteiger partial charge in [-0.3, -0.25) is 14.2 Å². The highest BCUT2D eigenvalue weighted by atomic mass is 79.9. The molecule has 0 atom stereocenters. The lowest BCUT2D eigenvalue weighted by molar-refractivity contribution is 0.0949. The number of fused-ring (bicyclic) bond motifs is 1. The van der Waals surface area contributed by atoms with Crippen LogP contribution in [0.3, 0.4) is 0 Å². The molecule has 0 aliphatic rings. The van der Waals surface area contributed by atoms with Crippen molar-refractivity contribution in [2.75, 3.05) is 0 Å². The predicted molar refractivity (Wildman–Crippen MR) is 122 cm³/mol. The minimum atomic E-state index is -0.533. The number of benzene rings is 2.